The summed E-state index contributed by atoms with van der Waals surface area (Å²) < 4.78 is 15.4. The molecule has 1 N–H and O–H groups in total. The largest absolute Gasteiger partial charge is 0.493 e. The molecule has 31 heavy (non-hydrogen) atoms. The normalized spacial score (nSPS) is 14.1. The summed E-state index contributed by atoms with van der Waals surface area (Å²) in [6.07, 6.45) is 0. The van der Waals surface area contributed by atoms with Crippen LogP contribution in [-0.4, -0.2) is 70.3 Å². The Hall–Kier alpha value is -3.26. The zero-order chi connectivity index (χ0) is 22.2. The predicted octanol–water partition coefficient (Wildman–Crippen LogP) is 2.64. The minimum Gasteiger partial charge on any atom is -0.493 e. The Bertz CT molecular complexity index is 893. The third-order valence-electron chi connectivity index (χ3n) is 5.29. The second kappa shape index (κ2) is 10.7. The van der Waals surface area contributed by atoms with Crippen LogP contribution in [-0.2, 0) is 9.53 Å². The van der Waals surface area contributed by atoms with Crippen LogP contribution in [0, 0.1) is 0 Å². The van der Waals surface area contributed by atoms with Gasteiger partial charge < -0.3 is 29.3 Å². The van der Waals surface area contributed by atoms with E-state index >= 15 is 0 Å². The van der Waals surface area contributed by atoms with Gasteiger partial charge in [0.05, 0.1) is 19.8 Å². The number of carbonyl (C=O) groups excluding carboxylic acids is 2. The fourth-order valence-electron chi connectivity index (χ4n) is 3.45. The number of ether oxygens (including phenoxy) is 3. The average molecular weight is 428 g/mol. The highest BCUT2D eigenvalue weighted by Gasteiger charge is 2.16. The highest BCUT2D eigenvalue weighted by molar-refractivity contribution is 5.95. The van der Waals surface area contributed by atoms with Crippen molar-refractivity contribution in [1.29, 1.82) is 0 Å². The lowest BCUT2D eigenvalue weighted by Crippen LogP contribution is -2.46. The topological polar surface area (TPSA) is 80.3 Å². The van der Waals surface area contributed by atoms with Crippen LogP contribution in [0.25, 0.3) is 0 Å². The molecule has 8 nitrogen and oxygen atoms in total. The number of benzene rings is 2. The maximum Gasteiger partial charge on any atom is 0.338 e. The van der Waals surface area contributed by atoms with E-state index in [0.717, 1.165) is 38.4 Å². The number of nitrogens with one attached hydrogen (secondary N) is 1. The second-order valence-corrected chi connectivity index (χ2v) is 7.16. The minimum atomic E-state index is -0.613. The monoisotopic (exact) mass is 427 g/mol. The summed E-state index contributed by atoms with van der Waals surface area (Å²) in [5, 5.41) is 2.75. The van der Waals surface area contributed by atoms with Crippen molar-refractivity contribution in [2.24, 2.45) is 0 Å². The summed E-state index contributed by atoms with van der Waals surface area (Å²) in [6.45, 7) is 6.97. The molecular formula is C23H29N3O5. The Morgan fingerprint density at radius 2 is 1.61 bits per heavy atom. The van der Waals surface area contributed by atoms with Gasteiger partial charge in [0.2, 0.25) is 0 Å². The molecule has 3 rings (SSSR count). The molecule has 1 amide bonds. The number of amides is 1. The fraction of sp³-hybridized carbons (Fsp3) is 0.391. The Kier molecular flexibility index (Phi) is 7.72. The molecule has 1 saturated heterocycles. The van der Waals surface area contributed by atoms with Crippen LogP contribution in [0.4, 0.5) is 11.4 Å². The van der Waals surface area contributed by atoms with Crippen LogP contribution in [0.1, 0.15) is 17.3 Å². The molecule has 1 aliphatic heterocycles. The molecule has 0 unspecified atom stereocenters. The predicted molar refractivity (Wildman–Crippen MR) is 119 cm³/mol. The van der Waals surface area contributed by atoms with Crippen molar-refractivity contribution in [3.63, 3.8) is 0 Å². The van der Waals surface area contributed by atoms with E-state index < -0.39 is 11.9 Å². The molecule has 0 aliphatic carbocycles. The smallest absolute Gasteiger partial charge is 0.338 e. The quantitative estimate of drug-likeness (QED) is 0.649. The van der Waals surface area contributed by atoms with E-state index in [1.54, 1.807) is 12.1 Å². The molecule has 1 fully saturated rings. The van der Waals surface area contributed by atoms with Crippen molar-refractivity contribution in [1.82, 2.24) is 4.90 Å². The van der Waals surface area contributed by atoms with Crippen LogP contribution in [0.5, 0.6) is 11.5 Å². The summed E-state index contributed by atoms with van der Waals surface area (Å²) in [4.78, 5) is 29.2. The molecule has 0 radical (unpaired) electrons. The first kappa shape index (κ1) is 22.4. The van der Waals surface area contributed by atoms with Crippen LogP contribution in [0.3, 0.4) is 0 Å². The number of hydrogen-bond donors (Lipinski definition) is 1. The maximum atomic E-state index is 12.2. The molecule has 0 spiro atoms. The number of piperazine rings is 1. The summed E-state index contributed by atoms with van der Waals surface area (Å²) in [7, 11) is 3.00. The molecule has 166 valence electrons. The van der Waals surface area contributed by atoms with Crippen LogP contribution in [0.15, 0.2) is 42.5 Å². The van der Waals surface area contributed by atoms with Crippen molar-refractivity contribution in [3.05, 3.63) is 48.0 Å². The van der Waals surface area contributed by atoms with E-state index in [2.05, 4.69) is 22.0 Å². The SMILES string of the molecule is CCN1CCN(c2ccc(NC(=O)COC(=O)c3ccc(OC)c(OC)c3)cc2)CC1. The van der Waals surface area contributed by atoms with Crippen molar-refractivity contribution >= 4 is 23.3 Å². The Balaban J connectivity index is 1.49. The van der Waals surface area contributed by atoms with Crippen molar-refractivity contribution < 1.29 is 23.8 Å². The first-order valence-corrected chi connectivity index (χ1v) is 10.3. The second-order valence-electron chi connectivity index (χ2n) is 7.16. The van der Waals surface area contributed by atoms with E-state index in [1.807, 2.05) is 24.3 Å². The van der Waals surface area contributed by atoms with Crippen LogP contribution >= 0.6 is 0 Å². The lowest BCUT2D eigenvalue weighted by atomic mass is 10.2. The first-order chi connectivity index (χ1) is 15.0. The fourth-order valence-corrected chi connectivity index (χ4v) is 3.45. The van der Waals surface area contributed by atoms with Crippen molar-refractivity contribution in [3.8, 4) is 11.5 Å². The van der Waals surface area contributed by atoms with E-state index in [9.17, 15) is 9.59 Å². The number of esters is 1. The van der Waals surface area contributed by atoms with E-state index in [4.69, 9.17) is 14.2 Å². The zero-order valence-corrected chi connectivity index (χ0v) is 18.2. The number of anilines is 2. The van der Waals surface area contributed by atoms with Gasteiger partial charge in [-0.25, -0.2) is 4.79 Å². The van der Waals surface area contributed by atoms with E-state index in [0.29, 0.717) is 17.2 Å². The number of likely N-dealkylation sites (N-methyl/N-ethyl adjacent to an activating group) is 1. The van der Waals surface area contributed by atoms with Gasteiger partial charge in [0, 0.05) is 37.6 Å². The van der Waals surface area contributed by atoms with Gasteiger partial charge in [0.15, 0.2) is 18.1 Å². The van der Waals surface area contributed by atoms with Crippen molar-refractivity contribution in [2.75, 3.05) is 63.8 Å². The average Bonchev–Trinajstić information content (AvgIpc) is 2.82. The number of rotatable bonds is 8. The summed E-state index contributed by atoms with van der Waals surface area (Å²) >= 11 is 0. The zero-order valence-electron chi connectivity index (χ0n) is 18.2. The molecule has 8 heteroatoms. The summed E-state index contributed by atoms with van der Waals surface area (Å²) in [6, 6.07) is 12.4. The van der Waals surface area contributed by atoms with Gasteiger partial charge in [-0.1, -0.05) is 6.92 Å². The summed E-state index contributed by atoms with van der Waals surface area (Å²) in [5.41, 5.74) is 2.06. The van der Waals surface area contributed by atoms with Crippen molar-refractivity contribution in [2.45, 2.75) is 6.92 Å². The first-order valence-electron chi connectivity index (χ1n) is 10.3. The van der Waals surface area contributed by atoms with E-state index in [1.165, 1.54) is 20.3 Å². The van der Waals surface area contributed by atoms with Gasteiger partial charge in [0.1, 0.15) is 0 Å². The third-order valence-corrected chi connectivity index (χ3v) is 5.29. The lowest BCUT2D eigenvalue weighted by Gasteiger charge is -2.35. The van der Waals surface area contributed by atoms with Gasteiger partial charge >= 0.3 is 5.97 Å². The number of hydrogen-bond acceptors (Lipinski definition) is 7. The van der Waals surface area contributed by atoms with Gasteiger partial charge in [-0.3, -0.25) is 4.79 Å². The Morgan fingerprint density at radius 3 is 2.23 bits per heavy atom. The van der Waals surface area contributed by atoms with Gasteiger partial charge in [-0.2, -0.15) is 0 Å². The standard InChI is InChI=1S/C23H29N3O5/c1-4-25-11-13-26(14-12-25)19-8-6-18(7-9-19)24-22(27)16-31-23(28)17-5-10-20(29-2)21(15-17)30-3/h5-10,15H,4,11-14,16H2,1-3H3,(H,24,27). The molecular weight excluding hydrogens is 398 g/mol. The lowest BCUT2D eigenvalue weighted by molar-refractivity contribution is -0.119. The molecule has 2 aromatic rings. The molecule has 2 aromatic carbocycles. The van der Waals surface area contributed by atoms with Gasteiger partial charge in [-0.15, -0.1) is 0 Å². The highest BCUT2D eigenvalue weighted by atomic mass is 16.5. The molecule has 1 aliphatic rings. The van der Waals surface area contributed by atoms with Crippen LogP contribution in [0.2, 0.25) is 0 Å². The minimum absolute atomic E-state index is 0.276. The van der Waals surface area contributed by atoms with Crippen LogP contribution < -0.4 is 19.7 Å². The molecule has 0 saturated carbocycles. The molecule has 0 atom stereocenters. The van der Waals surface area contributed by atoms with Gasteiger partial charge in [-0.05, 0) is 49.0 Å². The third kappa shape index (κ3) is 5.88. The van der Waals surface area contributed by atoms with E-state index in [-0.39, 0.29) is 12.2 Å². The number of nitrogens with zero attached hydrogens (tertiary/aromatic N) is 2. The number of carbonyl (C=O) groups is 2. The molecule has 0 aromatic heterocycles. The molecule has 0 bridgehead atoms. The Labute approximate surface area is 182 Å². The number of methoxy groups -OCH3 is 2. The summed E-state index contributed by atoms with van der Waals surface area (Å²) in [5.74, 6) is -0.0964. The highest BCUT2D eigenvalue weighted by Crippen LogP contribution is 2.27. The molecule has 1 heterocycles. The Morgan fingerprint density at radius 1 is 0.935 bits per heavy atom. The maximum absolute atomic E-state index is 12.2. The van der Waals surface area contributed by atoms with Gasteiger partial charge in [0.25, 0.3) is 5.91 Å².